The van der Waals surface area contributed by atoms with Crippen molar-refractivity contribution in [2.24, 2.45) is 0 Å². The van der Waals surface area contributed by atoms with Crippen molar-refractivity contribution in [2.45, 2.75) is 17.9 Å². The van der Waals surface area contributed by atoms with Gasteiger partial charge < -0.3 is 0 Å². The molecule has 1 fully saturated rings. The highest BCUT2D eigenvalue weighted by molar-refractivity contribution is 7.98. The number of carbonyl (C=O) groups excluding carboxylic acids is 1. The van der Waals surface area contributed by atoms with Crippen molar-refractivity contribution in [1.29, 1.82) is 0 Å². The van der Waals surface area contributed by atoms with Crippen LogP contribution in [0.4, 0.5) is 0 Å². The fraction of sp³-hybridized carbons (Fsp3) is 0.278. The number of rotatable bonds is 5. The number of benzene rings is 2. The van der Waals surface area contributed by atoms with Gasteiger partial charge in [-0.25, -0.2) is 0 Å². The van der Waals surface area contributed by atoms with Gasteiger partial charge in [0.05, 0.1) is 0 Å². The van der Waals surface area contributed by atoms with Crippen LogP contribution >= 0.6 is 11.8 Å². The minimum atomic E-state index is 0.107. The molecule has 0 bridgehead atoms. The lowest BCUT2D eigenvalue weighted by Crippen LogP contribution is -2.36. The largest absolute Gasteiger partial charge is 0.299 e. The van der Waals surface area contributed by atoms with Crippen LogP contribution in [-0.2, 0) is 6.54 Å². The van der Waals surface area contributed by atoms with Crippen LogP contribution in [0, 0.1) is 0 Å². The first-order valence-corrected chi connectivity index (χ1v) is 8.49. The van der Waals surface area contributed by atoms with Crippen LogP contribution in [0.25, 0.3) is 0 Å². The number of nitrogens with zero attached hydrogens (tertiary/aromatic N) is 1. The Morgan fingerprint density at radius 1 is 1.10 bits per heavy atom. The zero-order valence-electron chi connectivity index (χ0n) is 12.2. The number of hydrogen-bond donors (Lipinski definition) is 0. The zero-order valence-corrected chi connectivity index (χ0v) is 13.0. The van der Waals surface area contributed by atoms with Gasteiger partial charge in [-0.1, -0.05) is 36.4 Å². The summed E-state index contributed by atoms with van der Waals surface area (Å²) < 4.78 is 0. The van der Waals surface area contributed by atoms with Crippen LogP contribution in [0.3, 0.4) is 0 Å². The number of likely N-dealkylation sites (tertiary alicyclic amines) is 1. The molecule has 0 aromatic heterocycles. The molecule has 2 aromatic carbocycles. The molecular weight excluding hydrogens is 278 g/mol. The second-order valence-corrected chi connectivity index (χ2v) is 6.20. The highest BCUT2D eigenvalue weighted by Crippen LogP contribution is 2.23. The molecule has 1 aliphatic rings. The summed E-state index contributed by atoms with van der Waals surface area (Å²) in [6.07, 6.45) is 3.31. The molecule has 2 nitrogen and oxygen atoms in total. The lowest BCUT2D eigenvalue weighted by molar-refractivity contribution is 0.103. The second kappa shape index (κ2) is 6.46. The Bertz CT molecular complexity index is 632. The van der Waals surface area contributed by atoms with Gasteiger partial charge in [-0.3, -0.25) is 9.69 Å². The summed E-state index contributed by atoms with van der Waals surface area (Å²) in [4.78, 5) is 16.1. The minimum Gasteiger partial charge on any atom is -0.299 e. The predicted molar refractivity (Wildman–Crippen MR) is 88.0 cm³/mol. The molecule has 1 aliphatic heterocycles. The van der Waals surface area contributed by atoms with Crippen LogP contribution in [0.1, 0.15) is 27.9 Å². The van der Waals surface area contributed by atoms with Crippen molar-refractivity contribution in [2.75, 3.05) is 19.3 Å². The van der Waals surface area contributed by atoms with E-state index in [9.17, 15) is 4.79 Å². The van der Waals surface area contributed by atoms with E-state index in [4.69, 9.17) is 0 Å². The molecule has 0 saturated carbocycles. The van der Waals surface area contributed by atoms with E-state index < -0.39 is 0 Å². The molecule has 0 N–H and O–H groups in total. The minimum absolute atomic E-state index is 0.107. The van der Waals surface area contributed by atoms with Crippen molar-refractivity contribution in [3.63, 3.8) is 0 Å². The fourth-order valence-electron chi connectivity index (χ4n) is 2.55. The SMILES string of the molecule is CSc1ccccc1C(=O)c1ccc(CN2CCC2)cc1. The van der Waals surface area contributed by atoms with Gasteiger partial charge in [-0.2, -0.15) is 0 Å². The van der Waals surface area contributed by atoms with Gasteiger partial charge in [-0.05, 0) is 43.5 Å². The smallest absolute Gasteiger partial charge is 0.194 e. The molecular formula is C18H19NOS. The Kier molecular flexibility index (Phi) is 4.42. The van der Waals surface area contributed by atoms with E-state index in [1.54, 1.807) is 11.8 Å². The number of hydrogen-bond acceptors (Lipinski definition) is 3. The third-order valence-electron chi connectivity index (χ3n) is 3.92. The Morgan fingerprint density at radius 3 is 2.43 bits per heavy atom. The van der Waals surface area contributed by atoms with Crippen molar-refractivity contribution in [3.8, 4) is 0 Å². The first-order chi connectivity index (χ1) is 10.3. The average molecular weight is 297 g/mol. The van der Waals surface area contributed by atoms with E-state index in [0.29, 0.717) is 0 Å². The van der Waals surface area contributed by atoms with E-state index in [-0.39, 0.29) is 5.78 Å². The molecule has 0 amide bonds. The molecule has 3 rings (SSSR count). The maximum Gasteiger partial charge on any atom is 0.194 e. The standard InChI is InChI=1S/C18H19NOS/c1-21-17-6-3-2-5-16(17)18(20)15-9-7-14(8-10-15)13-19-11-4-12-19/h2-3,5-10H,4,11-13H2,1H3. The normalized spacial score (nSPS) is 14.7. The quantitative estimate of drug-likeness (QED) is 0.617. The zero-order chi connectivity index (χ0) is 14.7. The van der Waals surface area contributed by atoms with E-state index in [1.807, 2.05) is 42.7 Å². The number of thioether (sulfide) groups is 1. The van der Waals surface area contributed by atoms with E-state index in [1.165, 1.54) is 25.1 Å². The van der Waals surface area contributed by atoms with Gasteiger partial charge >= 0.3 is 0 Å². The summed E-state index contributed by atoms with van der Waals surface area (Å²) in [5.41, 5.74) is 2.84. The molecule has 0 atom stereocenters. The second-order valence-electron chi connectivity index (χ2n) is 5.36. The lowest BCUT2D eigenvalue weighted by Gasteiger charge is -2.30. The Balaban J connectivity index is 1.78. The number of carbonyl (C=O) groups is 1. The van der Waals surface area contributed by atoms with Crippen LogP contribution in [0.15, 0.2) is 53.4 Å². The maximum absolute atomic E-state index is 12.6. The van der Waals surface area contributed by atoms with Crippen LogP contribution in [0.2, 0.25) is 0 Å². The molecule has 0 aliphatic carbocycles. The molecule has 0 radical (unpaired) electrons. The van der Waals surface area contributed by atoms with Crippen molar-refractivity contribution in [1.82, 2.24) is 4.90 Å². The average Bonchev–Trinajstić information content (AvgIpc) is 2.51. The van der Waals surface area contributed by atoms with Gasteiger partial charge in [0.2, 0.25) is 0 Å². The summed E-state index contributed by atoms with van der Waals surface area (Å²) in [6.45, 7) is 3.39. The van der Waals surface area contributed by atoms with E-state index in [0.717, 1.165) is 22.6 Å². The van der Waals surface area contributed by atoms with Gasteiger partial charge in [0.25, 0.3) is 0 Å². The molecule has 21 heavy (non-hydrogen) atoms. The molecule has 1 heterocycles. The molecule has 3 heteroatoms. The van der Waals surface area contributed by atoms with Crippen LogP contribution in [0.5, 0.6) is 0 Å². The van der Waals surface area contributed by atoms with Crippen molar-refractivity contribution in [3.05, 3.63) is 65.2 Å². The summed E-state index contributed by atoms with van der Waals surface area (Å²) in [5.74, 6) is 0.107. The topological polar surface area (TPSA) is 20.3 Å². The third-order valence-corrected chi connectivity index (χ3v) is 4.72. The summed E-state index contributed by atoms with van der Waals surface area (Å²) in [5, 5.41) is 0. The summed E-state index contributed by atoms with van der Waals surface area (Å²) in [6, 6.07) is 15.9. The highest BCUT2D eigenvalue weighted by atomic mass is 32.2. The number of ketones is 1. The molecule has 1 saturated heterocycles. The Hall–Kier alpha value is -1.58. The molecule has 108 valence electrons. The van der Waals surface area contributed by atoms with Crippen LogP contribution < -0.4 is 0 Å². The monoisotopic (exact) mass is 297 g/mol. The molecule has 0 unspecified atom stereocenters. The predicted octanol–water partition coefficient (Wildman–Crippen LogP) is 3.85. The molecule has 0 spiro atoms. The van der Waals surface area contributed by atoms with E-state index >= 15 is 0 Å². The maximum atomic E-state index is 12.6. The first-order valence-electron chi connectivity index (χ1n) is 7.27. The lowest BCUT2D eigenvalue weighted by atomic mass is 10.0. The van der Waals surface area contributed by atoms with Crippen molar-refractivity contribution >= 4 is 17.5 Å². The van der Waals surface area contributed by atoms with Gasteiger partial charge in [-0.15, -0.1) is 11.8 Å². The van der Waals surface area contributed by atoms with Gasteiger partial charge in [0, 0.05) is 22.6 Å². The fourth-order valence-corrected chi connectivity index (χ4v) is 3.14. The third kappa shape index (κ3) is 3.20. The Labute approximate surface area is 130 Å². The highest BCUT2D eigenvalue weighted by Gasteiger charge is 2.15. The first kappa shape index (κ1) is 14.4. The van der Waals surface area contributed by atoms with E-state index in [2.05, 4.69) is 17.0 Å². The Morgan fingerprint density at radius 2 is 1.81 bits per heavy atom. The van der Waals surface area contributed by atoms with Gasteiger partial charge in [0.15, 0.2) is 5.78 Å². The van der Waals surface area contributed by atoms with Crippen molar-refractivity contribution < 1.29 is 4.79 Å². The summed E-state index contributed by atoms with van der Waals surface area (Å²) in [7, 11) is 0. The molecule has 2 aromatic rings. The van der Waals surface area contributed by atoms with Gasteiger partial charge in [0.1, 0.15) is 0 Å². The summed E-state index contributed by atoms with van der Waals surface area (Å²) >= 11 is 1.61. The van der Waals surface area contributed by atoms with Crippen LogP contribution in [-0.4, -0.2) is 30.0 Å².